The van der Waals surface area contributed by atoms with Crippen LogP contribution in [-0.4, -0.2) is 21.4 Å². The Morgan fingerprint density at radius 1 is 1.00 bits per heavy atom. The van der Waals surface area contributed by atoms with Gasteiger partial charge in [-0.1, -0.05) is 23.4 Å². The zero-order valence-electron chi connectivity index (χ0n) is 15.0. The van der Waals surface area contributed by atoms with E-state index in [4.69, 9.17) is 11.6 Å². The Kier molecular flexibility index (Phi) is 6.06. The molecule has 0 saturated heterocycles. The standard InChI is InChI=1S/C21H13ClF2N2O2S/c1-29(28,20-6-4-17(22)5-7-20)26-21(27)16-8-15(12-25-13-16)3-2-14-9-18(23)11-19(24)10-14/h4-13H,1H3. The maximum absolute atomic E-state index is 13.2. The average molecular weight is 431 g/mol. The van der Waals surface area contributed by atoms with E-state index < -0.39 is 27.3 Å². The summed E-state index contributed by atoms with van der Waals surface area (Å²) in [6, 6.07) is 10.5. The number of rotatable bonds is 2. The van der Waals surface area contributed by atoms with E-state index in [9.17, 15) is 17.8 Å². The molecule has 0 aliphatic rings. The molecule has 0 aliphatic carbocycles. The minimum absolute atomic E-state index is 0.0887. The predicted octanol–water partition coefficient (Wildman–Crippen LogP) is 4.71. The van der Waals surface area contributed by atoms with Crippen molar-refractivity contribution in [1.29, 1.82) is 0 Å². The number of hydrogen-bond donors (Lipinski definition) is 0. The minimum atomic E-state index is -2.98. The van der Waals surface area contributed by atoms with Crippen molar-refractivity contribution in [2.45, 2.75) is 4.90 Å². The second-order valence-corrected chi connectivity index (χ2v) is 8.72. The van der Waals surface area contributed by atoms with Gasteiger partial charge in [0.2, 0.25) is 0 Å². The van der Waals surface area contributed by atoms with Crippen LogP contribution in [0.4, 0.5) is 8.78 Å². The molecular formula is C21H13ClF2N2O2S. The molecule has 2 aromatic carbocycles. The van der Waals surface area contributed by atoms with Gasteiger partial charge in [0.25, 0.3) is 5.91 Å². The number of pyridine rings is 1. The molecule has 0 saturated carbocycles. The van der Waals surface area contributed by atoms with Crippen molar-refractivity contribution in [3.8, 4) is 11.8 Å². The molecule has 3 aromatic rings. The second-order valence-electron chi connectivity index (χ2n) is 6.02. The van der Waals surface area contributed by atoms with E-state index in [2.05, 4.69) is 21.2 Å². The summed E-state index contributed by atoms with van der Waals surface area (Å²) < 4.78 is 43.1. The van der Waals surface area contributed by atoms with Crippen molar-refractivity contribution >= 4 is 27.2 Å². The molecule has 1 unspecified atom stereocenters. The number of benzene rings is 2. The normalized spacial score (nSPS) is 12.4. The summed E-state index contributed by atoms with van der Waals surface area (Å²) in [7, 11) is -2.98. The Balaban J connectivity index is 1.89. The molecule has 0 N–H and O–H groups in total. The molecule has 4 nitrogen and oxygen atoms in total. The minimum Gasteiger partial charge on any atom is -0.266 e. The first-order chi connectivity index (χ1) is 13.7. The first-order valence-corrected chi connectivity index (χ1v) is 10.5. The topological polar surface area (TPSA) is 59.4 Å². The van der Waals surface area contributed by atoms with Crippen molar-refractivity contribution in [2.24, 2.45) is 4.36 Å². The van der Waals surface area contributed by atoms with Gasteiger partial charge in [-0.3, -0.25) is 9.78 Å². The fourth-order valence-electron chi connectivity index (χ4n) is 2.35. The molecule has 1 heterocycles. The Morgan fingerprint density at radius 2 is 1.62 bits per heavy atom. The van der Waals surface area contributed by atoms with E-state index in [1.54, 1.807) is 24.3 Å². The highest BCUT2D eigenvalue weighted by Crippen LogP contribution is 2.17. The molecule has 1 amide bonds. The largest absolute Gasteiger partial charge is 0.286 e. The first kappa shape index (κ1) is 20.6. The van der Waals surface area contributed by atoms with Crippen LogP contribution in [0.15, 0.2) is 70.2 Å². The maximum atomic E-state index is 13.2. The van der Waals surface area contributed by atoms with E-state index in [0.717, 1.165) is 18.2 Å². The number of carbonyl (C=O) groups excluding carboxylic acids is 1. The highest BCUT2D eigenvalue weighted by molar-refractivity contribution is 7.93. The summed E-state index contributed by atoms with van der Waals surface area (Å²) >= 11 is 5.82. The van der Waals surface area contributed by atoms with E-state index in [0.29, 0.717) is 15.5 Å². The van der Waals surface area contributed by atoms with E-state index in [1.807, 2.05) is 0 Å². The zero-order chi connectivity index (χ0) is 21.0. The zero-order valence-corrected chi connectivity index (χ0v) is 16.6. The molecule has 0 bridgehead atoms. The highest BCUT2D eigenvalue weighted by Gasteiger charge is 2.12. The number of aromatic nitrogens is 1. The van der Waals surface area contributed by atoms with Crippen molar-refractivity contribution < 1.29 is 17.8 Å². The lowest BCUT2D eigenvalue weighted by molar-refractivity contribution is 0.100. The van der Waals surface area contributed by atoms with Gasteiger partial charge in [0.05, 0.1) is 15.3 Å². The monoisotopic (exact) mass is 430 g/mol. The summed E-state index contributed by atoms with van der Waals surface area (Å²) in [5.74, 6) is 3.09. The molecule has 1 aromatic heterocycles. The van der Waals surface area contributed by atoms with Crippen molar-refractivity contribution in [1.82, 2.24) is 4.98 Å². The Morgan fingerprint density at radius 3 is 2.28 bits per heavy atom. The molecular weight excluding hydrogens is 418 g/mol. The number of carbonyl (C=O) groups is 1. The lowest BCUT2D eigenvalue weighted by atomic mass is 10.1. The van der Waals surface area contributed by atoms with Crippen LogP contribution in [-0.2, 0) is 9.73 Å². The van der Waals surface area contributed by atoms with Crippen LogP contribution < -0.4 is 0 Å². The van der Waals surface area contributed by atoms with Crippen molar-refractivity contribution in [2.75, 3.05) is 6.26 Å². The summed E-state index contributed by atoms with van der Waals surface area (Å²) in [5, 5.41) is 0.476. The smallest absolute Gasteiger partial charge is 0.266 e. The van der Waals surface area contributed by atoms with Gasteiger partial charge < -0.3 is 0 Å². The SMILES string of the molecule is CS(=O)(=NC(=O)c1cncc(C#Cc2cc(F)cc(F)c2)c1)c1ccc(Cl)cc1. The third-order valence-corrected chi connectivity index (χ3v) is 5.62. The van der Waals surface area contributed by atoms with Gasteiger partial charge in [-0.05, 0) is 42.5 Å². The molecule has 146 valence electrons. The number of hydrogen-bond acceptors (Lipinski definition) is 3. The Bertz CT molecular complexity index is 1250. The molecule has 1 atom stereocenters. The fraction of sp³-hybridized carbons (Fsp3) is 0.0476. The van der Waals surface area contributed by atoms with Crippen LogP contribution in [0.2, 0.25) is 5.02 Å². The number of nitrogens with zero attached hydrogens (tertiary/aromatic N) is 2. The van der Waals surface area contributed by atoms with Crippen LogP contribution in [0.1, 0.15) is 21.5 Å². The number of amides is 1. The highest BCUT2D eigenvalue weighted by atomic mass is 35.5. The van der Waals surface area contributed by atoms with E-state index in [-0.39, 0.29) is 11.1 Å². The van der Waals surface area contributed by atoms with Gasteiger partial charge in [0.1, 0.15) is 11.6 Å². The predicted molar refractivity (Wildman–Crippen MR) is 107 cm³/mol. The third-order valence-electron chi connectivity index (χ3n) is 3.71. The first-order valence-electron chi connectivity index (χ1n) is 8.18. The van der Waals surface area contributed by atoms with Crippen LogP contribution in [0.25, 0.3) is 0 Å². The molecule has 3 rings (SSSR count). The summed E-state index contributed by atoms with van der Waals surface area (Å²) in [6.07, 6.45) is 4.02. The number of halogens is 3. The molecule has 0 radical (unpaired) electrons. The van der Waals surface area contributed by atoms with Crippen LogP contribution in [0, 0.1) is 23.5 Å². The van der Waals surface area contributed by atoms with Gasteiger partial charge >= 0.3 is 0 Å². The van der Waals surface area contributed by atoms with Gasteiger partial charge in [-0.25, -0.2) is 13.0 Å². The lowest BCUT2D eigenvalue weighted by Crippen LogP contribution is -2.04. The Labute approximate surface area is 171 Å². The van der Waals surface area contributed by atoms with Crippen molar-refractivity contribution in [3.05, 3.63) is 94.3 Å². The van der Waals surface area contributed by atoms with Crippen LogP contribution in [0.3, 0.4) is 0 Å². The molecule has 0 fully saturated rings. The van der Waals surface area contributed by atoms with E-state index >= 15 is 0 Å². The molecule has 0 spiro atoms. The molecule has 8 heteroatoms. The summed E-state index contributed by atoms with van der Waals surface area (Å²) in [5.41, 5.74) is 0.568. The molecule has 0 aliphatic heterocycles. The fourth-order valence-corrected chi connectivity index (χ4v) is 3.64. The van der Waals surface area contributed by atoms with Crippen LogP contribution in [0.5, 0.6) is 0 Å². The second kappa shape index (κ2) is 8.52. The quantitative estimate of drug-likeness (QED) is 0.553. The molecule has 29 heavy (non-hydrogen) atoms. The maximum Gasteiger partial charge on any atom is 0.286 e. The lowest BCUT2D eigenvalue weighted by Gasteiger charge is -2.04. The van der Waals surface area contributed by atoms with Crippen LogP contribution >= 0.6 is 11.6 Å². The van der Waals surface area contributed by atoms with Gasteiger partial charge in [-0.15, -0.1) is 0 Å². The van der Waals surface area contributed by atoms with Gasteiger partial charge in [0, 0.05) is 45.8 Å². The third kappa shape index (κ3) is 5.47. The summed E-state index contributed by atoms with van der Waals surface area (Å²) in [4.78, 5) is 16.8. The summed E-state index contributed by atoms with van der Waals surface area (Å²) in [6.45, 7) is 0. The van der Waals surface area contributed by atoms with Gasteiger partial charge in [-0.2, -0.15) is 4.36 Å². The van der Waals surface area contributed by atoms with Gasteiger partial charge in [0.15, 0.2) is 0 Å². The van der Waals surface area contributed by atoms with E-state index in [1.165, 1.54) is 24.7 Å². The van der Waals surface area contributed by atoms with Crippen molar-refractivity contribution in [3.63, 3.8) is 0 Å². The Hall–Kier alpha value is -3.08. The average Bonchev–Trinajstić information content (AvgIpc) is 2.66.